The monoisotopic (exact) mass is 326 g/mol. The molecule has 0 bridgehead atoms. The van der Waals surface area contributed by atoms with Gasteiger partial charge in [0, 0.05) is 25.0 Å². The van der Waals surface area contributed by atoms with Crippen LogP contribution < -0.4 is 11.1 Å². The molecular weight excluding hydrogens is 300 g/mol. The SMILES string of the molecule is CCOC1CC(N)(C(=O)NCc2ccccc2C)C1(C)C.Cl. The molecule has 0 saturated heterocycles. The van der Waals surface area contributed by atoms with E-state index in [1.807, 2.05) is 52.0 Å². The fourth-order valence-corrected chi connectivity index (χ4v) is 2.96. The first-order valence-corrected chi connectivity index (χ1v) is 7.56. The first-order chi connectivity index (χ1) is 9.83. The third kappa shape index (κ3) is 3.14. The van der Waals surface area contributed by atoms with Crippen LogP contribution in [0.2, 0.25) is 0 Å². The van der Waals surface area contributed by atoms with Gasteiger partial charge in [-0.25, -0.2) is 0 Å². The summed E-state index contributed by atoms with van der Waals surface area (Å²) in [4.78, 5) is 12.5. The second-order valence-corrected chi connectivity index (χ2v) is 6.45. The molecule has 22 heavy (non-hydrogen) atoms. The van der Waals surface area contributed by atoms with Crippen LogP contribution in [-0.4, -0.2) is 24.2 Å². The topological polar surface area (TPSA) is 64.3 Å². The zero-order valence-corrected chi connectivity index (χ0v) is 14.6. The number of hydrogen-bond donors (Lipinski definition) is 2. The molecule has 124 valence electrons. The van der Waals surface area contributed by atoms with Crippen LogP contribution in [0.15, 0.2) is 24.3 Å². The van der Waals surface area contributed by atoms with Crippen LogP contribution in [0.5, 0.6) is 0 Å². The van der Waals surface area contributed by atoms with E-state index in [1.165, 1.54) is 5.56 Å². The molecule has 4 nitrogen and oxygen atoms in total. The quantitative estimate of drug-likeness (QED) is 0.874. The Morgan fingerprint density at radius 2 is 2.05 bits per heavy atom. The Morgan fingerprint density at radius 3 is 2.59 bits per heavy atom. The van der Waals surface area contributed by atoms with Crippen molar-refractivity contribution >= 4 is 18.3 Å². The number of amides is 1. The van der Waals surface area contributed by atoms with E-state index in [4.69, 9.17) is 10.5 Å². The number of carbonyl (C=O) groups is 1. The highest BCUT2D eigenvalue weighted by molar-refractivity contribution is 5.88. The lowest BCUT2D eigenvalue weighted by Gasteiger charge is -2.57. The summed E-state index contributed by atoms with van der Waals surface area (Å²) >= 11 is 0. The highest BCUT2D eigenvalue weighted by Crippen LogP contribution is 2.49. The smallest absolute Gasteiger partial charge is 0.241 e. The van der Waals surface area contributed by atoms with E-state index >= 15 is 0 Å². The standard InChI is InChI=1S/C17H26N2O2.ClH/c1-5-21-14-10-17(18,16(14,3)4)15(20)19-11-13-9-7-6-8-12(13)2;/h6-9,14H,5,10-11,18H2,1-4H3,(H,19,20);1H. The molecule has 1 fully saturated rings. The van der Waals surface area contributed by atoms with Crippen molar-refractivity contribution in [2.24, 2.45) is 11.1 Å². The predicted octanol–water partition coefficient (Wildman–Crippen LogP) is 2.57. The lowest BCUT2D eigenvalue weighted by Crippen LogP contribution is -2.75. The number of benzene rings is 1. The maximum absolute atomic E-state index is 12.5. The predicted molar refractivity (Wildman–Crippen MR) is 91.0 cm³/mol. The van der Waals surface area contributed by atoms with E-state index < -0.39 is 5.54 Å². The van der Waals surface area contributed by atoms with Gasteiger partial charge >= 0.3 is 0 Å². The molecule has 1 amide bonds. The Morgan fingerprint density at radius 1 is 1.41 bits per heavy atom. The number of halogens is 1. The highest BCUT2D eigenvalue weighted by Gasteiger charge is 2.62. The average Bonchev–Trinajstić information content (AvgIpc) is 2.45. The van der Waals surface area contributed by atoms with E-state index in [9.17, 15) is 4.79 Å². The fraction of sp³-hybridized carbons (Fsp3) is 0.588. The third-order valence-corrected chi connectivity index (χ3v) is 4.94. The third-order valence-electron chi connectivity index (χ3n) is 4.94. The van der Waals surface area contributed by atoms with Crippen molar-refractivity contribution in [1.29, 1.82) is 0 Å². The Hall–Kier alpha value is -1.10. The molecular formula is C17H27ClN2O2. The van der Waals surface area contributed by atoms with Crippen LogP contribution in [0, 0.1) is 12.3 Å². The first-order valence-electron chi connectivity index (χ1n) is 7.56. The number of carbonyl (C=O) groups excluding carboxylic acids is 1. The molecule has 1 aromatic rings. The van der Waals surface area contributed by atoms with Gasteiger partial charge in [0.15, 0.2) is 0 Å². The number of rotatable bonds is 5. The van der Waals surface area contributed by atoms with Crippen molar-refractivity contribution in [2.75, 3.05) is 6.61 Å². The van der Waals surface area contributed by atoms with Gasteiger partial charge in [-0.05, 0) is 25.0 Å². The van der Waals surface area contributed by atoms with Gasteiger partial charge in [0.1, 0.15) is 5.54 Å². The summed E-state index contributed by atoms with van der Waals surface area (Å²) in [5.41, 5.74) is 7.44. The van der Waals surface area contributed by atoms with Gasteiger partial charge in [-0.3, -0.25) is 4.79 Å². The Labute approximate surface area is 139 Å². The molecule has 2 atom stereocenters. The van der Waals surface area contributed by atoms with Crippen LogP contribution in [0.1, 0.15) is 38.3 Å². The molecule has 0 radical (unpaired) electrons. The summed E-state index contributed by atoms with van der Waals surface area (Å²) in [5, 5.41) is 2.98. The van der Waals surface area contributed by atoms with E-state index in [0.29, 0.717) is 19.6 Å². The van der Waals surface area contributed by atoms with Crippen molar-refractivity contribution in [3.05, 3.63) is 35.4 Å². The molecule has 3 N–H and O–H groups in total. The largest absolute Gasteiger partial charge is 0.378 e. The lowest BCUT2D eigenvalue weighted by atomic mass is 9.54. The molecule has 1 saturated carbocycles. The van der Waals surface area contributed by atoms with Gasteiger partial charge in [0.05, 0.1) is 6.10 Å². The second-order valence-electron chi connectivity index (χ2n) is 6.45. The average molecular weight is 327 g/mol. The van der Waals surface area contributed by atoms with Gasteiger partial charge in [0.25, 0.3) is 0 Å². The molecule has 5 heteroatoms. The zero-order valence-electron chi connectivity index (χ0n) is 13.8. The normalized spacial score (nSPS) is 25.8. The number of hydrogen-bond acceptors (Lipinski definition) is 3. The van der Waals surface area contributed by atoms with Crippen molar-refractivity contribution in [1.82, 2.24) is 5.32 Å². The molecule has 1 aliphatic rings. The Balaban J connectivity index is 0.00000242. The summed E-state index contributed by atoms with van der Waals surface area (Å²) in [5.74, 6) is -0.0910. The molecule has 1 aliphatic carbocycles. The van der Waals surface area contributed by atoms with Crippen molar-refractivity contribution in [3.63, 3.8) is 0 Å². The van der Waals surface area contributed by atoms with E-state index in [1.54, 1.807) is 0 Å². The number of ether oxygens (including phenoxy) is 1. The van der Waals surface area contributed by atoms with Gasteiger partial charge < -0.3 is 15.8 Å². The van der Waals surface area contributed by atoms with Crippen LogP contribution in [0.4, 0.5) is 0 Å². The summed E-state index contributed by atoms with van der Waals surface area (Å²) < 4.78 is 5.66. The van der Waals surface area contributed by atoms with E-state index in [2.05, 4.69) is 5.32 Å². The molecule has 2 unspecified atom stereocenters. The summed E-state index contributed by atoms with van der Waals surface area (Å²) in [7, 11) is 0. The first kappa shape index (κ1) is 18.9. The second kappa shape index (κ2) is 6.99. The van der Waals surface area contributed by atoms with Crippen molar-refractivity contribution < 1.29 is 9.53 Å². The highest BCUT2D eigenvalue weighted by atomic mass is 35.5. The van der Waals surface area contributed by atoms with Gasteiger partial charge in [0.2, 0.25) is 5.91 Å². The lowest BCUT2D eigenvalue weighted by molar-refractivity contribution is -0.170. The van der Waals surface area contributed by atoms with Gasteiger partial charge in [-0.15, -0.1) is 12.4 Å². The number of nitrogens with two attached hydrogens (primary N) is 1. The molecule has 1 aromatic carbocycles. The van der Waals surface area contributed by atoms with Crippen LogP contribution in [-0.2, 0) is 16.1 Å². The summed E-state index contributed by atoms with van der Waals surface area (Å²) in [6, 6.07) is 8.03. The van der Waals surface area contributed by atoms with Crippen LogP contribution >= 0.6 is 12.4 Å². The minimum Gasteiger partial charge on any atom is -0.378 e. The molecule has 0 aromatic heterocycles. The fourth-order valence-electron chi connectivity index (χ4n) is 2.96. The van der Waals surface area contributed by atoms with E-state index in [0.717, 1.165) is 5.56 Å². The number of aryl methyl sites for hydroxylation is 1. The van der Waals surface area contributed by atoms with Gasteiger partial charge in [-0.1, -0.05) is 38.1 Å². The minimum atomic E-state index is -0.852. The van der Waals surface area contributed by atoms with E-state index in [-0.39, 0.29) is 29.8 Å². The molecule has 0 spiro atoms. The molecule has 2 rings (SSSR count). The molecule has 0 aliphatic heterocycles. The maximum atomic E-state index is 12.5. The Kier molecular flexibility index (Phi) is 6.02. The van der Waals surface area contributed by atoms with Crippen LogP contribution in [0.25, 0.3) is 0 Å². The minimum absolute atomic E-state index is 0. The van der Waals surface area contributed by atoms with Crippen LogP contribution in [0.3, 0.4) is 0 Å². The zero-order chi connectivity index (χ0) is 15.7. The summed E-state index contributed by atoms with van der Waals surface area (Å²) in [6.45, 7) is 9.17. The maximum Gasteiger partial charge on any atom is 0.241 e. The Bertz CT molecular complexity index is 533. The number of nitrogens with one attached hydrogen (secondary N) is 1. The summed E-state index contributed by atoms with van der Waals surface area (Å²) in [6.07, 6.45) is 0.629. The van der Waals surface area contributed by atoms with Crippen molar-refractivity contribution in [2.45, 2.75) is 52.3 Å². The van der Waals surface area contributed by atoms with Gasteiger partial charge in [-0.2, -0.15) is 0 Å². The van der Waals surface area contributed by atoms with Crippen molar-refractivity contribution in [3.8, 4) is 0 Å². The molecule has 0 heterocycles.